The lowest BCUT2D eigenvalue weighted by atomic mass is 9.94. The van der Waals surface area contributed by atoms with Crippen molar-refractivity contribution < 1.29 is 99.3 Å². The summed E-state index contributed by atoms with van der Waals surface area (Å²) < 4.78 is 94.1. The van der Waals surface area contributed by atoms with Crippen LogP contribution < -0.4 is 32.1 Å². The SMILES string of the molecule is O=C(CCCCCCC(=O)Nc1ccc(C(=O)N(CCNC(=O)OCCOCCOCCNC(=O)OC/C=C/COC(=O)NCCOCCOCCOC(=O)NCCOCCOCCCCCCCl)Cc2ccc(C3(C(F)(F)F)CC3)cc2)cc1)NO. The van der Waals surface area contributed by atoms with Gasteiger partial charge in [0.2, 0.25) is 11.8 Å². The second-order valence-corrected chi connectivity index (χ2v) is 19.9. The molecule has 25 nitrogen and oxygen atoms in total. The molecule has 0 radical (unpaired) electrons. The molecule has 0 saturated heterocycles. The Morgan fingerprint density at radius 3 is 1.44 bits per heavy atom. The molecule has 0 aromatic heterocycles. The fourth-order valence-corrected chi connectivity index (χ4v) is 8.10. The number of halogens is 4. The van der Waals surface area contributed by atoms with Crippen molar-refractivity contribution in [3.8, 4) is 0 Å². The molecule has 1 aliphatic carbocycles. The molecule has 87 heavy (non-hydrogen) atoms. The van der Waals surface area contributed by atoms with Gasteiger partial charge in [-0.2, -0.15) is 13.2 Å². The average Bonchev–Trinajstić information content (AvgIpc) is 1.67. The molecule has 2 aromatic rings. The Balaban J connectivity index is 1.16. The fraction of sp³-hybridized carbons (Fsp3) is 0.638. The Hall–Kier alpha value is -6.53. The standard InChI is InChI=1S/C58H87ClF3N7O18/c59-23-7-3-4-8-29-78-35-36-79-34-27-66-56(76)87-44-42-83-40-38-81-33-26-65-55(75)85-31-10-9-30-84-54(74)64-25-32-80-37-39-82-41-43-86-53(73)63-24-28-69(45-46-13-17-48(18-14-46)57(21-22-57)58(60,61)62)52(72)47-15-19-49(20-16-47)67-50(70)11-5-1-2-6-12-51(71)68-77/h9-10,13-20,77H,1-8,11-12,21-45H2,(H,63,73)(H,64,74)(H,65,75)(H,66,76)(H,67,70)(H,68,71)/b10-9+. The summed E-state index contributed by atoms with van der Waals surface area (Å²) >= 11 is 5.65. The van der Waals surface area contributed by atoms with Crippen LogP contribution >= 0.6 is 11.6 Å². The predicted octanol–water partition coefficient (Wildman–Crippen LogP) is 7.07. The highest BCUT2D eigenvalue weighted by Gasteiger charge is 2.64. The number of carbonyl (C=O) groups excluding carboxylic acids is 7. The first-order chi connectivity index (χ1) is 42.2. The van der Waals surface area contributed by atoms with Gasteiger partial charge in [0.05, 0.1) is 78.1 Å². The number of rotatable bonds is 49. The second kappa shape index (κ2) is 46.6. The molecule has 1 fully saturated rings. The van der Waals surface area contributed by atoms with Gasteiger partial charge in [-0.05, 0) is 86.1 Å². The normalized spacial score (nSPS) is 12.4. The quantitative estimate of drug-likeness (QED) is 0.00870. The molecule has 0 aliphatic heterocycles. The Kier molecular flexibility index (Phi) is 40.0. The highest BCUT2D eigenvalue weighted by atomic mass is 35.5. The van der Waals surface area contributed by atoms with Crippen LogP contribution in [0.4, 0.5) is 38.0 Å². The van der Waals surface area contributed by atoms with E-state index in [1.54, 1.807) is 29.7 Å². The predicted molar refractivity (Wildman–Crippen MR) is 311 cm³/mol. The summed E-state index contributed by atoms with van der Waals surface area (Å²) in [5, 5.41) is 21.6. The molecular weight excluding hydrogens is 1180 g/mol. The van der Waals surface area contributed by atoms with E-state index in [0.29, 0.717) is 69.4 Å². The molecule has 0 unspecified atom stereocenters. The maximum absolute atomic E-state index is 13.8. The number of hydroxylamine groups is 1. The molecule has 29 heteroatoms. The summed E-state index contributed by atoms with van der Waals surface area (Å²) in [6, 6.07) is 12.2. The van der Waals surface area contributed by atoms with Crippen molar-refractivity contribution in [3.63, 3.8) is 0 Å². The van der Waals surface area contributed by atoms with Crippen LogP contribution in [-0.2, 0) is 68.9 Å². The lowest BCUT2D eigenvalue weighted by molar-refractivity contribution is -0.160. The summed E-state index contributed by atoms with van der Waals surface area (Å²) in [6.45, 7) is 3.96. The van der Waals surface area contributed by atoms with E-state index in [4.69, 9.17) is 64.2 Å². The van der Waals surface area contributed by atoms with Gasteiger partial charge in [0.1, 0.15) is 26.4 Å². The van der Waals surface area contributed by atoms with Crippen LogP contribution in [0.1, 0.15) is 98.5 Å². The molecule has 0 atom stereocenters. The molecular formula is C58H87ClF3N7O18. The topological polar surface area (TPSA) is 307 Å². The van der Waals surface area contributed by atoms with Gasteiger partial charge in [-0.3, -0.25) is 19.6 Å². The number of hydrogen-bond acceptors (Lipinski definition) is 18. The zero-order chi connectivity index (χ0) is 63.1. The van der Waals surface area contributed by atoms with Gasteiger partial charge in [0.25, 0.3) is 5.91 Å². The minimum absolute atomic E-state index is 0.0103. The van der Waals surface area contributed by atoms with Gasteiger partial charge in [0, 0.05) is 75.8 Å². The third kappa shape index (κ3) is 35.8. The maximum atomic E-state index is 13.8. The number of ether oxygens (including phenoxy) is 10. The third-order valence-corrected chi connectivity index (χ3v) is 13.0. The van der Waals surface area contributed by atoms with Crippen molar-refractivity contribution in [2.45, 2.75) is 95.2 Å². The smallest absolute Gasteiger partial charge is 0.407 e. The first kappa shape index (κ1) is 74.7. The molecule has 7 amide bonds. The third-order valence-electron chi connectivity index (χ3n) is 12.8. The number of alkyl carbamates (subject to hydrolysis) is 4. The van der Waals surface area contributed by atoms with Crippen LogP contribution in [0.25, 0.3) is 0 Å². The largest absolute Gasteiger partial charge is 0.447 e. The molecule has 0 heterocycles. The van der Waals surface area contributed by atoms with Crippen molar-refractivity contribution in [1.29, 1.82) is 0 Å². The summed E-state index contributed by atoms with van der Waals surface area (Å²) in [6.07, 6.45) is 3.23. The average molecular weight is 1260 g/mol. The highest BCUT2D eigenvalue weighted by molar-refractivity contribution is 6.17. The number of nitrogens with one attached hydrogen (secondary N) is 6. The van der Waals surface area contributed by atoms with Crippen molar-refractivity contribution in [2.75, 3.05) is 150 Å². The lowest BCUT2D eigenvalue weighted by Crippen LogP contribution is -2.38. The number of amides is 7. The summed E-state index contributed by atoms with van der Waals surface area (Å²) in [7, 11) is 0. The van der Waals surface area contributed by atoms with E-state index in [2.05, 4.69) is 26.6 Å². The van der Waals surface area contributed by atoms with E-state index in [0.717, 1.165) is 32.1 Å². The van der Waals surface area contributed by atoms with E-state index in [-0.39, 0.29) is 155 Å². The summed E-state index contributed by atoms with van der Waals surface area (Å²) in [4.78, 5) is 86.9. The lowest BCUT2D eigenvalue weighted by Gasteiger charge is -2.24. The number of benzene rings is 2. The minimum Gasteiger partial charge on any atom is -0.447 e. The first-order valence-corrected chi connectivity index (χ1v) is 29.8. The zero-order valence-electron chi connectivity index (χ0n) is 49.4. The van der Waals surface area contributed by atoms with Crippen molar-refractivity contribution in [2.24, 2.45) is 0 Å². The Morgan fingerprint density at radius 2 is 0.954 bits per heavy atom. The zero-order valence-corrected chi connectivity index (χ0v) is 50.1. The summed E-state index contributed by atoms with van der Waals surface area (Å²) in [5.74, 6) is -0.433. The van der Waals surface area contributed by atoms with Crippen LogP contribution in [-0.4, -0.2) is 203 Å². The van der Waals surface area contributed by atoms with E-state index in [1.807, 2.05) is 0 Å². The van der Waals surface area contributed by atoms with Crippen molar-refractivity contribution in [1.82, 2.24) is 31.6 Å². The van der Waals surface area contributed by atoms with Gasteiger partial charge in [-0.25, -0.2) is 24.7 Å². The van der Waals surface area contributed by atoms with Gasteiger partial charge in [-0.15, -0.1) is 11.6 Å². The van der Waals surface area contributed by atoms with E-state index in [1.165, 1.54) is 41.3 Å². The molecule has 1 aliphatic rings. The number of anilines is 1. The van der Waals surface area contributed by atoms with Crippen LogP contribution in [0.5, 0.6) is 0 Å². The van der Waals surface area contributed by atoms with Crippen molar-refractivity contribution in [3.05, 3.63) is 77.4 Å². The summed E-state index contributed by atoms with van der Waals surface area (Å²) in [5.41, 5.74) is 1.19. The van der Waals surface area contributed by atoms with Gasteiger partial charge >= 0.3 is 30.5 Å². The molecule has 490 valence electrons. The van der Waals surface area contributed by atoms with Crippen LogP contribution in [0.2, 0.25) is 0 Å². The molecule has 7 N–H and O–H groups in total. The molecule has 3 rings (SSSR count). The molecule has 1 saturated carbocycles. The molecule has 0 bridgehead atoms. The Labute approximate surface area is 510 Å². The van der Waals surface area contributed by atoms with Crippen molar-refractivity contribution >= 4 is 59.4 Å². The number of hydrogen-bond donors (Lipinski definition) is 7. The van der Waals surface area contributed by atoms with Gasteiger partial charge in [-0.1, -0.05) is 49.9 Å². The van der Waals surface area contributed by atoms with E-state index in [9.17, 15) is 46.7 Å². The van der Waals surface area contributed by atoms with Crippen LogP contribution in [0.3, 0.4) is 0 Å². The van der Waals surface area contributed by atoms with Gasteiger partial charge in [0.15, 0.2) is 0 Å². The number of carbonyl (C=O) groups is 7. The number of nitrogens with zero attached hydrogens (tertiary/aromatic N) is 1. The van der Waals surface area contributed by atoms with Crippen LogP contribution in [0, 0.1) is 0 Å². The number of alkyl halides is 4. The first-order valence-electron chi connectivity index (χ1n) is 29.3. The highest BCUT2D eigenvalue weighted by Crippen LogP contribution is 2.58. The van der Waals surface area contributed by atoms with Gasteiger partial charge < -0.3 is 78.9 Å². The maximum Gasteiger partial charge on any atom is 0.407 e. The second-order valence-electron chi connectivity index (χ2n) is 19.5. The monoisotopic (exact) mass is 1260 g/mol. The fourth-order valence-electron chi connectivity index (χ4n) is 7.91. The Morgan fingerprint density at radius 1 is 0.517 bits per heavy atom. The molecule has 2 aromatic carbocycles. The Bertz CT molecular complexity index is 2290. The van der Waals surface area contributed by atoms with E-state index < -0.39 is 47.8 Å². The van der Waals surface area contributed by atoms with E-state index >= 15 is 0 Å². The minimum atomic E-state index is -4.38. The molecule has 0 spiro atoms. The number of unbranched alkanes of at least 4 members (excludes halogenated alkanes) is 6. The van der Waals surface area contributed by atoms with Crippen LogP contribution in [0.15, 0.2) is 60.7 Å².